The van der Waals surface area contributed by atoms with Gasteiger partial charge in [0.25, 0.3) is 0 Å². The third kappa shape index (κ3) is 4.35. The topological polar surface area (TPSA) is 51.8 Å². The second-order valence-electron chi connectivity index (χ2n) is 11.3. The fourth-order valence-corrected chi connectivity index (χ4v) is 6.28. The normalized spacial score (nSPS) is 11.6. The molecule has 0 aliphatic carbocycles. The Morgan fingerprint density at radius 1 is 0.378 bits per heavy atom. The molecular formula is C41H25N3O. The largest absolute Gasteiger partial charge is 0.455 e. The molecule has 0 saturated heterocycles. The van der Waals surface area contributed by atoms with Gasteiger partial charge in [0.15, 0.2) is 17.5 Å². The first-order valence-electron chi connectivity index (χ1n) is 15.0. The highest BCUT2D eigenvalue weighted by Crippen LogP contribution is 2.42. The summed E-state index contributed by atoms with van der Waals surface area (Å²) in [5.74, 6) is 1.86. The highest BCUT2D eigenvalue weighted by atomic mass is 16.3. The summed E-state index contributed by atoms with van der Waals surface area (Å²) in [6.45, 7) is 0. The van der Waals surface area contributed by atoms with Crippen LogP contribution in [-0.4, -0.2) is 15.0 Å². The van der Waals surface area contributed by atoms with E-state index in [0.29, 0.717) is 17.5 Å². The number of benzene rings is 7. The highest BCUT2D eigenvalue weighted by molar-refractivity contribution is 6.21. The lowest BCUT2D eigenvalue weighted by Crippen LogP contribution is -2.00. The van der Waals surface area contributed by atoms with Crippen molar-refractivity contribution in [3.63, 3.8) is 0 Å². The zero-order valence-electron chi connectivity index (χ0n) is 24.2. The van der Waals surface area contributed by atoms with E-state index in [4.69, 9.17) is 19.4 Å². The van der Waals surface area contributed by atoms with Crippen molar-refractivity contribution in [1.29, 1.82) is 0 Å². The summed E-state index contributed by atoms with van der Waals surface area (Å²) >= 11 is 0. The molecule has 7 aromatic carbocycles. The van der Waals surface area contributed by atoms with Gasteiger partial charge in [-0.2, -0.15) is 0 Å². The summed E-state index contributed by atoms with van der Waals surface area (Å²) in [4.78, 5) is 15.3. The van der Waals surface area contributed by atoms with E-state index in [1.54, 1.807) is 0 Å². The Bertz CT molecular complexity index is 2540. The summed E-state index contributed by atoms with van der Waals surface area (Å²) in [5.41, 5.74) is 6.75. The molecule has 0 spiro atoms. The predicted octanol–water partition coefficient (Wildman–Crippen LogP) is 10.7. The zero-order chi connectivity index (χ0) is 29.7. The van der Waals surface area contributed by atoms with Gasteiger partial charge in [-0.25, -0.2) is 15.0 Å². The molecule has 4 nitrogen and oxygen atoms in total. The van der Waals surface area contributed by atoms with Crippen molar-refractivity contribution in [3.8, 4) is 45.3 Å². The molecule has 0 aliphatic rings. The lowest BCUT2D eigenvalue weighted by molar-refractivity contribution is 0.672. The summed E-state index contributed by atoms with van der Waals surface area (Å²) in [7, 11) is 0. The molecule has 0 aliphatic heterocycles. The molecule has 0 N–H and O–H groups in total. The third-order valence-corrected chi connectivity index (χ3v) is 8.48. The van der Waals surface area contributed by atoms with Crippen LogP contribution in [0.5, 0.6) is 0 Å². The Labute approximate surface area is 259 Å². The number of hydrogen-bond acceptors (Lipinski definition) is 4. The van der Waals surface area contributed by atoms with Crippen LogP contribution in [0.15, 0.2) is 156 Å². The van der Waals surface area contributed by atoms with E-state index in [-0.39, 0.29) is 0 Å². The average molecular weight is 576 g/mol. The van der Waals surface area contributed by atoms with Crippen LogP contribution in [0.4, 0.5) is 0 Å². The summed E-state index contributed by atoms with van der Waals surface area (Å²) in [5, 5.41) is 6.46. The molecule has 9 aromatic rings. The maximum absolute atomic E-state index is 6.58. The molecule has 2 aromatic heterocycles. The lowest BCUT2D eigenvalue weighted by Gasteiger charge is -2.12. The minimum absolute atomic E-state index is 0.607. The minimum atomic E-state index is 0.607. The monoisotopic (exact) mass is 575 g/mol. The summed E-state index contributed by atoms with van der Waals surface area (Å²) in [6.07, 6.45) is 0. The number of aromatic nitrogens is 3. The van der Waals surface area contributed by atoms with E-state index < -0.39 is 0 Å². The summed E-state index contributed by atoms with van der Waals surface area (Å²) < 4.78 is 6.58. The van der Waals surface area contributed by atoms with Crippen molar-refractivity contribution in [2.24, 2.45) is 0 Å². The van der Waals surface area contributed by atoms with E-state index in [0.717, 1.165) is 65.9 Å². The average Bonchev–Trinajstić information content (AvgIpc) is 3.51. The van der Waals surface area contributed by atoms with Crippen LogP contribution in [0.25, 0.3) is 88.8 Å². The number of furan rings is 1. The molecule has 4 heteroatoms. The van der Waals surface area contributed by atoms with Crippen LogP contribution in [-0.2, 0) is 0 Å². The van der Waals surface area contributed by atoms with Crippen molar-refractivity contribution in [3.05, 3.63) is 152 Å². The Kier molecular flexibility index (Phi) is 5.78. The molecule has 9 rings (SSSR count). The Hall–Kier alpha value is -6.13. The first-order valence-corrected chi connectivity index (χ1v) is 15.0. The van der Waals surface area contributed by atoms with E-state index in [1.165, 1.54) is 5.39 Å². The van der Waals surface area contributed by atoms with Gasteiger partial charge in [0.05, 0.1) is 0 Å². The Morgan fingerprint density at radius 2 is 1.00 bits per heavy atom. The molecule has 0 fully saturated rings. The SMILES string of the molecule is c1ccc(-c2ccc3c(c2)cc(-c2nc(-c4ccccc4)nc(-c4ccc5ccccc5c4)n2)c2c4ccccc4oc32)cc1. The number of para-hydroxylation sites is 1. The number of nitrogens with zero attached hydrogens (tertiary/aromatic N) is 3. The van der Waals surface area contributed by atoms with Crippen molar-refractivity contribution in [2.45, 2.75) is 0 Å². The molecule has 0 bridgehead atoms. The fraction of sp³-hybridized carbons (Fsp3) is 0. The number of hydrogen-bond donors (Lipinski definition) is 0. The van der Waals surface area contributed by atoms with Gasteiger partial charge < -0.3 is 4.42 Å². The van der Waals surface area contributed by atoms with Gasteiger partial charge in [-0.15, -0.1) is 0 Å². The Balaban J connectivity index is 1.35. The van der Waals surface area contributed by atoms with Crippen molar-refractivity contribution in [1.82, 2.24) is 15.0 Å². The minimum Gasteiger partial charge on any atom is -0.455 e. The van der Waals surface area contributed by atoms with E-state index in [2.05, 4.69) is 97.1 Å². The number of fused-ring (bicyclic) bond motifs is 6. The van der Waals surface area contributed by atoms with Crippen LogP contribution in [0.1, 0.15) is 0 Å². The maximum atomic E-state index is 6.58. The second kappa shape index (κ2) is 10.2. The molecule has 0 saturated carbocycles. The zero-order valence-corrected chi connectivity index (χ0v) is 24.2. The van der Waals surface area contributed by atoms with Crippen LogP contribution in [0, 0.1) is 0 Å². The van der Waals surface area contributed by atoms with Crippen LogP contribution >= 0.6 is 0 Å². The quantitative estimate of drug-likeness (QED) is 0.209. The van der Waals surface area contributed by atoms with Crippen molar-refractivity contribution < 1.29 is 4.42 Å². The van der Waals surface area contributed by atoms with Crippen LogP contribution < -0.4 is 0 Å². The van der Waals surface area contributed by atoms with E-state index in [1.807, 2.05) is 54.6 Å². The fourth-order valence-electron chi connectivity index (χ4n) is 6.28. The van der Waals surface area contributed by atoms with Crippen LogP contribution in [0.3, 0.4) is 0 Å². The smallest absolute Gasteiger partial charge is 0.164 e. The number of rotatable bonds is 4. The van der Waals surface area contributed by atoms with Crippen molar-refractivity contribution in [2.75, 3.05) is 0 Å². The van der Waals surface area contributed by atoms with Crippen molar-refractivity contribution >= 4 is 43.5 Å². The van der Waals surface area contributed by atoms with Gasteiger partial charge in [0.2, 0.25) is 0 Å². The first-order chi connectivity index (χ1) is 22.3. The molecular weight excluding hydrogens is 550 g/mol. The van der Waals surface area contributed by atoms with Crippen LogP contribution in [0.2, 0.25) is 0 Å². The van der Waals surface area contributed by atoms with Gasteiger partial charge in [-0.3, -0.25) is 0 Å². The van der Waals surface area contributed by atoms with Gasteiger partial charge in [-0.1, -0.05) is 121 Å². The molecule has 2 heterocycles. The van der Waals surface area contributed by atoms with Gasteiger partial charge in [-0.05, 0) is 57.6 Å². The highest BCUT2D eigenvalue weighted by Gasteiger charge is 2.20. The molecule has 0 amide bonds. The second-order valence-corrected chi connectivity index (χ2v) is 11.3. The standard InChI is InChI=1S/C41H25N3O/c1-3-11-26(12-4-1)30-21-22-33-32(24-30)25-35(37-34-17-9-10-18-36(34)45-38(33)37)41-43-39(28-14-5-2-6-15-28)42-40(44-41)31-20-19-27-13-7-8-16-29(27)23-31/h1-25H. The van der Waals surface area contributed by atoms with Gasteiger partial charge >= 0.3 is 0 Å². The van der Waals surface area contributed by atoms with E-state index in [9.17, 15) is 0 Å². The van der Waals surface area contributed by atoms with Gasteiger partial charge in [0, 0.05) is 32.8 Å². The van der Waals surface area contributed by atoms with Gasteiger partial charge in [0.1, 0.15) is 11.2 Å². The first kappa shape index (κ1) is 25.4. The maximum Gasteiger partial charge on any atom is 0.164 e. The molecule has 0 unspecified atom stereocenters. The Morgan fingerprint density at radius 3 is 1.82 bits per heavy atom. The molecule has 0 atom stereocenters. The third-order valence-electron chi connectivity index (χ3n) is 8.48. The lowest BCUT2D eigenvalue weighted by atomic mass is 9.96. The van der Waals surface area contributed by atoms with E-state index >= 15 is 0 Å². The summed E-state index contributed by atoms with van der Waals surface area (Å²) in [6, 6.07) is 52.2. The molecule has 0 radical (unpaired) electrons. The molecule has 210 valence electrons. The predicted molar refractivity (Wildman–Crippen MR) is 184 cm³/mol. The molecule has 45 heavy (non-hydrogen) atoms.